The van der Waals surface area contributed by atoms with Crippen LogP contribution in [-0.4, -0.2) is 65.2 Å². The standard InChI is InChI=1S/C20H27N3O7/c1-11(2)9-14(18(27)22-10-15(25)26)23-20(29)17-16(30-17)19(28)21-8-7-12-3-5-13(24)6-4-12/h3-6,11,14,16-17,24H,7-10H2,1-2H3,(H,21,28)(H,22,27)(H,23,29)(H,25,26)/t14-,16-,17?/m0/s1. The molecule has 0 aliphatic carbocycles. The molecule has 0 spiro atoms. The Bertz CT molecular complexity index is 779. The molecule has 3 atom stereocenters. The van der Waals surface area contributed by atoms with Gasteiger partial charge in [0.05, 0.1) is 0 Å². The molecule has 5 N–H and O–H groups in total. The van der Waals surface area contributed by atoms with Gasteiger partial charge in [0.25, 0.3) is 11.8 Å². The Morgan fingerprint density at radius 2 is 1.67 bits per heavy atom. The summed E-state index contributed by atoms with van der Waals surface area (Å²) in [6.07, 6.45) is -1.05. The molecule has 1 heterocycles. The summed E-state index contributed by atoms with van der Waals surface area (Å²) >= 11 is 0. The summed E-state index contributed by atoms with van der Waals surface area (Å²) in [6.45, 7) is 3.52. The maximum Gasteiger partial charge on any atom is 0.322 e. The maximum atomic E-state index is 12.3. The number of ether oxygens (including phenoxy) is 1. The minimum absolute atomic E-state index is 0.0741. The van der Waals surface area contributed by atoms with Crippen LogP contribution in [0.2, 0.25) is 0 Å². The topological polar surface area (TPSA) is 157 Å². The van der Waals surface area contributed by atoms with Gasteiger partial charge in [-0.1, -0.05) is 26.0 Å². The van der Waals surface area contributed by atoms with E-state index in [1.165, 1.54) is 0 Å². The molecule has 30 heavy (non-hydrogen) atoms. The number of aliphatic carboxylic acids is 1. The highest BCUT2D eigenvalue weighted by Crippen LogP contribution is 2.23. The van der Waals surface area contributed by atoms with Gasteiger partial charge in [-0.25, -0.2) is 0 Å². The number of carboxylic acid groups (broad SMARTS) is 1. The fraction of sp³-hybridized carbons (Fsp3) is 0.500. The molecule has 2 rings (SSSR count). The van der Waals surface area contributed by atoms with Crippen LogP contribution in [0, 0.1) is 5.92 Å². The van der Waals surface area contributed by atoms with Gasteiger partial charge in [-0.3, -0.25) is 19.2 Å². The second kappa shape index (κ2) is 10.6. The summed E-state index contributed by atoms with van der Waals surface area (Å²) < 4.78 is 5.16. The van der Waals surface area contributed by atoms with E-state index in [1.807, 2.05) is 13.8 Å². The maximum absolute atomic E-state index is 12.3. The minimum atomic E-state index is -1.19. The summed E-state index contributed by atoms with van der Waals surface area (Å²) in [5.74, 6) is -2.57. The fourth-order valence-electron chi connectivity index (χ4n) is 2.85. The quantitative estimate of drug-likeness (QED) is 0.303. The molecule has 10 nitrogen and oxygen atoms in total. The van der Waals surface area contributed by atoms with Crippen molar-refractivity contribution in [1.29, 1.82) is 0 Å². The number of carbonyl (C=O) groups is 4. The van der Waals surface area contributed by atoms with E-state index in [0.29, 0.717) is 19.4 Å². The van der Waals surface area contributed by atoms with Gasteiger partial charge >= 0.3 is 5.97 Å². The molecule has 0 saturated carbocycles. The SMILES string of the molecule is CC(C)C[C@H](NC(=O)C1O[C@@H]1C(=O)NCCc1ccc(O)cc1)C(=O)NCC(=O)O. The van der Waals surface area contributed by atoms with E-state index in [9.17, 15) is 24.3 Å². The third-order valence-electron chi connectivity index (χ3n) is 4.41. The summed E-state index contributed by atoms with van der Waals surface area (Å²) in [5.41, 5.74) is 0.933. The van der Waals surface area contributed by atoms with E-state index in [0.717, 1.165) is 5.56 Å². The van der Waals surface area contributed by atoms with Crippen LogP contribution in [-0.2, 0) is 30.3 Å². The van der Waals surface area contributed by atoms with Gasteiger partial charge in [0.1, 0.15) is 18.3 Å². The van der Waals surface area contributed by atoms with Crippen molar-refractivity contribution in [3.05, 3.63) is 29.8 Å². The van der Waals surface area contributed by atoms with Crippen molar-refractivity contribution in [3.63, 3.8) is 0 Å². The number of phenolic OH excluding ortho intramolecular Hbond substituents is 1. The molecule has 1 fully saturated rings. The van der Waals surface area contributed by atoms with Gasteiger partial charge in [-0.2, -0.15) is 0 Å². The highest BCUT2D eigenvalue weighted by molar-refractivity contribution is 5.97. The van der Waals surface area contributed by atoms with Gasteiger partial charge in [-0.15, -0.1) is 0 Å². The molecule has 1 saturated heterocycles. The normalized spacial score (nSPS) is 18.4. The number of benzene rings is 1. The number of nitrogens with one attached hydrogen (secondary N) is 3. The number of hydrogen-bond donors (Lipinski definition) is 5. The third kappa shape index (κ3) is 7.36. The predicted molar refractivity (Wildman–Crippen MR) is 106 cm³/mol. The van der Waals surface area contributed by atoms with E-state index in [1.54, 1.807) is 24.3 Å². The molecule has 3 amide bonds. The Kier molecular flexibility index (Phi) is 8.16. The van der Waals surface area contributed by atoms with E-state index in [4.69, 9.17) is 9.84 Å². The summed E-state index contributed by atoms with van der Waals surface area (Å²) in [6, 6.07) is 5.69. The van der Waals surface area contributed by atoms with E-state index in [-0.39, 0.29) is 11.7 Å². The highest BCUT2D eigenvalue weighted by atomic mass is 16.6. The number of hydrogen-bond acceptors (Lipinski definition) is 6. The van der Waals surface area contributed by atoms with Crippen LogP contribution < -0.4 is 16.0 Å². The van der Waals surface area contributed by atoms with Gasteiger partial charge in [0, 0.05) is 6.54 Å². The first-order chi connectivity index (χ1) is 14.2. The van der Waals surface area contributed by atoms with Crippen molar-refractivity contribution in [1.82, 2.24) is 16.0 Å². The average molecular weight is 421 g/mol. The summed E-state index contributed by atoms with van der Waals surface area (Å²) in [7, 11) is 0. The van der Waals surface area contributed by atoms with Crippen molar-refractivity contribution >= 4 is 23.7 Å². The highest BCUT2D eigenvalue weighted by Gasteiger charge is 2.50. The fourth-order valence-corrected chi connectivity index (χ4v) is 2.85. The predicted octanol–water partition coefficient (Wildman–Crippen LogP) is -0.450. The number of rotatable bonds is 11. The van der Waals surface area contributed by atoms with Crippen molar-refractivity contribution in [2.24, 2.45) is 5.92 Å². The molecule has 1 aliphatic heterocycles. The lowest BCUT2D eigenvalue weighted by atomic mass is 10.0. The molecule has 1 aromatic rings. The van der Waals surface area contributed by atoms with Crippen LogP contribution in [0.15, 0.2) is 24.3 Å². The van der Waals surface area contributed by atoms with E-state index >= 15 is 0 Å². The Labute approximate surface area is 174 Å². The average Bonchev–Trinajstić information content (AvgIpc) is 3.47. The molecule has 1 unspecified atom stereocenters. The number of carboxylic acids is 1. The zero-order chi connectivity index (χ0) is 22.3. The molecule has 10 heteroatoms. The zero-order valence-electron chi connectivity index (χ0n) is 16.9. The van der Waals surface area contributed by atoms with Crippen LogP contribution in [0.1, 0.15) is 25.8 Å². The van der Waals surface area contributed by atoms with Crippen LogP contribution in [0.25, 0.3) is 0 Å². The Morgan fingerprint density at radius 3 is 2.27 bits per heavy atom. The first-order valence-corrected chi connectivity index (χ1v) is 9.68. The van der Waals surface area contributed by atoms with Crippen LogP contribution in [0.3, 0.4) is 0 Å². The minimum Gasteiger partial charge on any atom is -0.508 e. The van der Waals surface area contributed by atoms with Crippen LogP contribution >= 0.6 is 0 Å². The lowest BCUT2D eigenvalue weighted by Crippen LogP contribution is -2.50. The monoisotopic (exact) mass is 421 g/mol. The molecule has 1 aromatic carbocycles. The van der Waals surface area contributed by atoms with Gasteiger partial charge < -0.3 is 30.9 Å². The van der Waals surface area contributed by atoms with Gasteiger partial charge in [0.2, 0.25) is 5.91 Å². The second-order valence-corrected chi connectivity index (χ2v) is 7.49. The molecular weight excluding hydrogens is 394 g/mol. The van der Waals surface area contributed by atoms with Gasteiger partial charge in [-0.05, 0) is 36.5 Å². The largest absolute Gasteiger partial charge is 0.508 e. The number of aromatic hydroxyl groups is 1. The summed E-state index contributed by atoms with van der Waals surface area (Å²) in [5, 5.41) is 25.4. The molecule has 0 bridgehead atoms. The first kappa shape index (κ1) is 23.1. The lowest BCUT2D eigenvalue weighted by molar-refractivity contribution is -0.138. The Hall–Kier alpha value is -3.14. The summed E-state index contributed by atoms with van der Waals surface area (Å²) in [4.78, 5) is 47.3. The van der Waals surface area contributed by atoms with E-state index in [2.05, 4.69) is 16.0 Å². The smallest absolute Gasteiger partial charge is 0.322 e. The number of epoxide rings is 1. The molecule has 1 aliphatic rings. The second-order valence-electron chi connectivity index (χ2n) is 7.49. The van der Waals surface area contributed by atoms with Crippen LogP contribution in [0.5, 0.6) is 5.75 Å². The van der Waals surface area contributed by atoms with E-state index < -0.39 is 48.5 Å². The number of phenols is 1. The van der Waals surface area contributed by atoms with Crippen molar-refractivity contribution in [2.75, 3.05) is 13.1 Å². The lowest BCUT2D eigenvalue weighted by Gasteiger charge is -2.19. The molecular formula is C20H27N3O7. The Balaban J connectivity index is 1.79. The molecule has 0 aromatic heterocycles. The third-order valence-corrected chi connectivity index (χ3v) is 4.41. The Morgan fingerprint density at radius 1 is 1.03 bits per heavy atom. The first-order valence-electron chi connectivity index (χ1n) is 9.68. The van der Waals surface area contributed by atoms with Crippen LogP contribution in [0.4, 0.5) is 0 Å². The number of amides is 3. The van der Waals surface area contributed by atoms with Crippen molar-refractivity contribution < 1.29 is 34.1 Å². The molecule has 0 radical (unpaired) electrons. The zero-order valence-corrected chi connectivity index (χ0v) is 16.9. The van der Waals surface area contributed by atoms with Gasteiger partial charge in [0.15, 0.2) is 12.2 Å². The number of carbonyl (C=O) groups excluding carboxylic acids is 3. The van der Waals surface area contributed by atoms with Crippen molar-refractivity contribution in [3.8, 4) is 5.75 Å². The molecule has 164 valence electrons. The van der Waals surface area contributed by atoms with Crippen molar-refractivity contribution in [2.45, 2.75) is 44.9 Å².